The van der Waals surface area contributed by atoms with Crippen LogP contribution in [-0.4, -0.2) is 47.0 Å². The summed E-state index contributed by atoms with van der Waals surface area (Å²) >= 11 is 1.17. The lowest BCUT2D eigenvalue weighted by molar-refractivity contribution is -0.140. The van der Waals surface area contributed by atoms with E-state index in [0.29, 0.717) is 6.54 Å². The average molecular weight is 248 g/mol. The van der Waals surface area contributed by atoms with Gasteiger partial charge in [0.25, 0.3) is 0 Å². The van der Waals surface area contributed by atoms with Gasteiger partial charge in [-0.25, -0.2) is 4.79 Å². The van der Waals surface area contributed by atoms with Crippen LogP contribution in [0.15, 0.2) is 0 Å². The van der Waals surface area contributed by atoms with Crippen LogP contribution in [0.4, 0.5) is 0 Å². The monoisotopic (exact) mass is 248 g/mol. The van der Waals surface area contributed by atoms with E-state index >= 15 is 0 Å². The molecule has 16 heavy (non-hydrogen) atoms. The van der Waals surface area contributed by atoms with Gasteiger partial charge in [-0.3, -0.25) is 9.59 Å². The molecule has 0 aromatic rings. The van der Waals surface area contributed by atoms with Crippen molar-refractivity contribution in [2.75, 3.05) is 18.1 Å². The molecule has 92 valence electrons. The zero-order valence-electron chi connectivity index (χ0n) is 9.28. The molecule has 0 aliphatic rings. The molecule has 3 N–H and O–H groups in total. The second-order valence-corrected chi connectivity index (χ2v) is 4.09. The Bertz CT molecular complexity index is 270. The highest BCUT2D eigenvalue weighted by Gasteiger charge is 2.18. The molecule has 0 aliphatic carbocycles. The van der Waals surface area contributed by atoms with Gasteiger partial charge in [-0.1, -0.05) is 0 Å². The van der Waals surface area contributed by atoms with Crippen molar-refractivity contribution in [1.82, 2.24) is 10.6 Å². The molecular weight excluding hydrogens is 232 g/mol. The number of rotatable bonds is 7. The Labute approximate surface area is 98.2 Å². The van der Waals surface area contributed by atoms with Gasteiger partial charge < -0.3 is 15.7 Å². The molecular formula is C9H16N2O4S. The van der Waals surface area contributed by atoms with Crippen molar-refractivity contribution in [3.63, 3.8) is 0 Å². The van der Waals surface area contributed by atoms with E-state index in [0.717, 1.165) is 0 Å². The molecule has 0 aromatic carbocycles. The van der Waals surface area contributed by atoms with Gasteiger partial charge in [-0.05, 0) is 6.92 Å². The predicted molar refractivity (Wildman–Crippen MR) is 61.2 cm³/mol. The van der Waals surface area contributed by atoms with Crippen LogP contribution >= 0.6 is 11.8 Å². The first-order valence-electron chi connectivity index (χ1n) is 4.81. The van der Waals surface area contributed by atoms with Crippen LogP contribution in [0.25, 0.3) is 0 Å². The minimum Gasteiger partial charge on any atom is -0.480 e. The van der Waals surface area contributed by atoms with Crippen LogP contribution in [0.3, 0.4) is 0 Å². The molecule has 0 aromatic heterocycles. The summed E-state index contributed by atoms with van der Waals surface area (Å²) in [6.07, 6.45) is 0. The summed E-state index contributed by atoms with van der Waals surface area (Å²) in [6, 6.07) is -0.947. The van der Waals surface area contributed by atoms with E-state index in [1.165, 1.54) is 18.7 Å². The standard InChI is InChI=1S/C9H16N2O4S/c1-3-10-8(13)5-16-4-7(9(14)15)11-6(2)12/h7H,3-5H2,1-2H3,(H,10,13)(H,11,12)(H,14,15)/t7-/m0/s1. The Morgan fingerprint density at radius 2 is 2.00 bits per heavy atom. The van der Waals surface area contributed by atoms with E-state index in [4.69, 9.17) is 5.11 Å². The summed E-state index contributed by atoms with van der Waals surface area (Å²) in [4.78, 5) is 32.5. The van der Waals surface area contributed by atoms with Crippen molar-refractivity contribution in [2.24, 2.45) is 0 Å². The lowest BCUT2D eigenvalue weighted by Gasteiger charge is -2.12. The highest BCUT2D eigenvalue weighted by Crippen LogP contribution is 2.03. The second kappa shape index (κ2) is 7.98. The van der Waals surface area contributed by atoms with Crippen LogP contribution in [-0.2, 0) is 14.4 Å². The second-order valence-electron chi connectivity index (χ2n) is 3.06. The fraction of sp³-hybridized carbons (Fsp3) is 0.667. The number of aliphatic carboxylic acids is 1. The minimum atomic E-state index is -1.10. The number of carboxylic acids is 1. The summed E-state index contributed by atoms with van der Waals surface area (Å²) in [6.45, 7) is 3.61. The third-order valence-electron chi connectivity index (χ3n) is 1.57. The number of thioether (sulfide) groups is 1. The van der Waals surface area contributed by atoms with Gasteiger partial charge in [-0.15, -0.1) is 11.8 Å². The first-order chi connectivity index (χ1) is 7.47. The van der Waals surface area contributed by atoms with Crippen LogP contribution in [0.5, 0.6) is 0 Å². The van der Waals surface area contributed by atoms with Crippen molar-refractivity contribution in [3.05, 3.63) is 0 Å². The van der Waals surface area contributed by atoms with E-state index in [1.54, 1.807) is 6.92 Å². The summed E-state index contributed by atoms with van der Waals surface area (Å²) in [7, 11) is 0. The molecule has 0 aliphatic heterocycles. The van der Waals surface area contributed by atoms with E-state index in [1.807, 2.05) is 0 Å². The number of nitrogens with one attached hydrogen (secondary N) is 2. The summed E-state index contributed by atoms with van der Waals surface area (Å²) in [5, 5.41) is 13.7. The van der Waals surface area contributed by atoms with E-state index < -0.39 is 17.9 Å². The highest BCUT2D eigenvalue weighted by atomic mass is 32.2. The summed E-state index contributed by atoms with van der Waals surface area (Å²) < 4.78 is 0. The van der Waals surface area contributed by atoms with Gasteiger partial charge in [0.05, 0.1) is 5.75 Å². The number of carboxylic acid groups (broad SMARTS) is 1. The highest BCUT2D eigenvalue weighted by molar-refractivity contribution is 8.00. The first-order valence-corrected chi connectivity index (χ1v) is 5.97. The molecule has 0 saturated carbocycles. The number of amides is 2. The van der Waals surface area contributed by atoms with Gasteiger partial charge >= 0.3 is 5.97 Å². The first kappa shape index (κ1) is 14.8. The van der Waals surface area contributed by atoms with E-state index in [2.05, 4.69) is 10.6 Å². The molecule has 0 bridgehead atoms. The van der Waals surface area contributed by atoms with E-state index in [9.17, 15) is 14.4 Å². The van der Waals surface area contributed by atoms with Gasteiger partial charge in [0, 0.05) is 19.2 Å². The topological polar surface area (TPSA) is 95.5 Å². The van der Waals surface area contributed by atoms with Crippen molar-refractivity contribution in [2.45, 2.75) is 19.9 Å². The maximum atomic E-state index is 11.0. The Morgan fingerprint density at radius 1 is 1.38 bits per heavy atom. The number of hydrogen-bond acceptors (Lipinski definition) is 4. The third-order valence-corrected chi connectivity index (χ3v) is 2.60. The molecule has 0 spiro atoms. The zero-order chi connectivity index (χ0) is 12.6. The summed E-state index contributed by atoms with van der Waals surface area (Å²) in [5.41, 5.74) is 0. The molecule has 0 radical (unpaired) electrons. The van der Waals surface area contributed by atoms with Crippen molar-refractivity contribution in [3.8, 4) is 0 Å². The molecule has 0 unspecified atom stereocenters. The smallest absolute Gasteiger partial charge is 0.327 e. The van der Waals surface area contributed by atoms with Gasteiger partial charge in [-0.2, -0.15) is 0 Å². The molecule has 0 saturated heterocycles. The normalized spacial score (nSPS) is 11.6. The van der Waals surface area contributed by atoms with Gasteiger partial charge in [0.15, 0.2) is 0 Å². The van der Waals surface area contributed by atoms with Gasteiger partial charge in [0.2, 0.25) is 11.8 Å². The number of carbonyl (C=O) groups is 3. The van der Waals surface area contributed by atoms with Crippen LogP contribution in [0.2, 0.25) is 0 Å². The molecule has 2 amide bonds. The molecule has 1 atom stereocenters. The minimum absolute atomic E-state index is 0.139. The Morgan fingerprint density at radius 3 is 2.44 bits per heavy atom. The van der Waals surface area contributed by atoms with Gasteiger partial charge in [0.1, 0.15) is 6.04 Å². The zero-order valence-corrected chi connectivity index (χ0v) is 10.1. The molecule has 0 rings (SSSR count). The Balaban J connectivity index is 3.89. The van der Waals surface area contributed by atoms with Crippen LogP contribution < -0.4 is 10.6 Å². The number of carbonyl (C=O) groups excluding carboxylic acids is 2. The molecule has 0 heterocycles. The van der Waals surface area contributed by atoms with Crippen molar-refractivity contribution < 1.29 is 19.5 Å². The predicted octanol–water partition coefficient (Wildman–Crippen LogP) is -0.555. The van der Waals surface area contributed by atoms with Crippen LogP contribution in [0.1, 0.15) is 13.8 Å². The Hall–Kier alpha value is -1.24. The van der Waals surface area contributed by atoms with Crippen molar-refractivity contribution >= 4 is 29.5 Å². The van der Waals surface area contributed by atoms with Crippen molar-refractivity contribution in [1.29, 1.82) is 0 Å². The largest absolute Gasteiger partial charge is 0.480 e. The lowest BCUT2D eigenvalue weighted by Crippen LogP contribution is -2.41. The SMILES string of the molecule is CCNC(=O)CSC[C@H](NC(C)=O)C(=O)O. The number of hydrogen-bond donors (Lipinski definition) is 3. The summed E-state index contributed by atoms with van der Waals surface area (Å²) in [5.74, 6) is -1.27. The fourth-order valence-corrected chi connectivity index (χ4v) is 1.80. The molecule has 7 heteroatoms. The molecule has 0 fully saturated rings. The molecule has 6 nitrogen and oxygen atoms in total. The lowest BCUT2D eigenvalue weighted by atomic mass is 10.3. The maximum absolute atomic E-state index is 11.0. The maximum Gasteiger partial charge on any atom is 0.327 e. The Kier molecular flexibility index (Phi) is 7.36. The fourth-order valence-electron chi connectivity index (χ4n) is 0.938. The average Bonchev–Trinajstić information content (AvgIpc) is 2.15. The quantitative estimate of drug-likeness (QED) is 0.561. The van der Waals surface area contributed by atoms with Crippen LogP contribution in [0, 0.1) is 0 Å². The third kappa shape index (κ3) is 7.10. The van der Waals surface area contributed by atoms with E-state index in [-0.39, 0.29) is 17.4 Å².